The minimum absolute atomic E-state index is 0.0419. The molecule has 0 aliphatic carbocycles. The van der Waals surface area contributed by atoms with Crippen molar-refractivity contribution in [1.82, 2.24) is 9.88 Å². The van der Waals surface area contributed by atoms with Crippen molar-refractivity contribution < 1.29 is 14.3 Å². The minimum Gasteiger partial charge on any atom is -0.497 e. The number of aromatic amines is 1. The van der Waals surface area contributed by atoms with Crippen LogP contribution in [0.5, 0.6) is 5.75 Å². The van der Waals surface area contributed by atoms with Gasteiger partial charge in [-0.25, -0.2) is 0 Å². The number of amides is 1. The number of likely N-dealkylation sites (tertiary alicyclic amines) is 1. The second-order valence-electron chi connectivity index (χ2n) is 4.96. The number of carbonyl (C=O) groups excluding carboxylic acids is 2. The van der Waals surface area contributed by atoms with Crippen molar-refractivity contribution >= 4 is 22.6 Å². The standard InChI is InChI=1S/C15H16N2O3/c1-20-10-4-5-13-11(7-10)12(8-16-13)14(18)9-17-6-2-3-15(17)19/h4-5,7-8,16H,2-3,6,9H2,1H3. The number of nitrogens with one attached hydrogen (secondary N) is 1. The smallest absolute Gasteiger partial charge is 0.223 e. The SMILES string of the molecule is COc1ccc2[nH]cc(C(=O)CN3CCCC3=O)c2c1. The Morgan fingerprint density at radius 3 is 3.00 bits per heavy atom. The van der Waals surface area contributed by atoms with Crippen LogP contribution in [0.25, 0.3) is 10.9 Å². The number of rotatable bonds is 4. The van der Waals surface area contributed by atoms with E-state index in [4.69, 9.17) is 4.74 Å². The molecule has 1 aliphatic rings. The highest BCUT2D eigenvalue weighted by atomic mass is 16.5. The topological polar surface area (TPSA) is 62.4 Å². The molecule has 0 radical (unpaired) electrons. The van der Waals surface area contributed by atoms with Crippen molar-refractivity contribution in [2.75, 3.05) is 20.2 Å². The second-order valence-corrected chi connectivity index (χ2v) is 4.96. The number of ketones is 1. The first-order valence-corrected chi connectivity index (χ1v) is 6.65. The van der Waals surface area contributed by atoms with Gasteiger partial charge in [-0.2, -0.15) is 0 Å². The van der Waals surface area contributed by atoms with E-state index in [1.54, 1.807) is 18.2 Å². The molecule has 0 saturated carbocycles. The van der Waals surface area contributed by atoms with E-state index in [0.29, 0.717) is 24.3 Å². The monoisotopic (exact) mass is 272 g/mol. The third-order valence-electron chi connectivity index (χ3n) is 3.70. The van der Waals surface area contributed by atoms with Crippen molar-refractivity contribution in [3.8, 4) is 5.75 Å². The van der Waals surface area contributed by atoms with Gasteiger partial charge in [-0.05, 0) is 24.6 Å². The molecular formula is C15H16N2O3. The molecule has 1 N–H and O–H groups in total. The Labute approximate surface area is 116 Å². The molecule has 1 fully saturated rings. The number of carbonyl (C=O) groups is 2. The average Bonchev–Trinajstić information content (AvgIpc) is 3.04. The van der Waals surface area contributed by atoms with E-state index in [-0.39, 0.29) is 18.2 Å². The summed E-state index contributed by atoms with van der Waals surface area (Å²) in [5.41, 5.74) is 1.50. The average molecular weight is 272 g/mol. The molecule has 1 aromatic carbocycles. The lowest BCUT2D eigenvalue weighted by atomic mass is 10.1. The Morgan fingerprint density at radius 2 is 2.30 bits per heavy atom. The summed E-state index contributed by atoms with van der Waals surface area (Å²) in [4.78, 5) is 28.7. The normalized spacial score (nSPS) is 15.1. The predicted octanol–water partition coefficient (Wildman–Crippen LogP) is 1.98. The summed E-state index contributed by atoms with van der Waals surface area (Å²) in [6.07, 6.45) is 3.09. The van der Waals surface area contributed by atoms with Crippen LogP contribution in [0.4, 0.5) is 0 Å². The number of ether oxygens (including phenoxy) is 1. The molecule has 2 aromatic rings. The molecule has 1 saturated heterocycles. The molecule has 5 heteroatoms. The molecule has 0 atom stereocenters. The third kappa shape index (κ3) is 2.15. The molecule has 0 spiro atoms. The van der Waals surface area contributed by atoms with Gasteiger partial charge in [0.05, 0.1) is 13.7 Å². The third-order valence-corrected chi connectivity index (χ3v) is 3.70. The maximum Gasteiger partial charge on any atom is 0.223 e. The van der Waals surface area contributed by atoms with Gasteiger partial charge in [-0.1, -0.05) is 0 Å². The quantitative estimate of drug-likeness (QED) is 0.866. The first-order valence-electron chi connectivity index (χ1n) is 6.65. The van der Waals surface area contributed by atoms with Gasteiger partial charge >= 0.3 is 0 Å². The number of nitrogens with zero attached hydrogens (tertiary/aromatic N) is 1. The number of Topliss-reactive ketones (excluding diaryl/α,β-unsaturated/α-hetero) is 1. The lowest BCUT2D eigenvalue weighted by molar-refractivity contribution is -0.127. The molecular weight excluding hydrogens is 256 g/mol. The van der Waals surface area contributed by atoms with Crippen molar-refractivity contribution in [2.24, 2.45) is 0 Å². The summed E-state index contributed by atoms with van der Waals surface area (Å²) in [7, 11) is 1.60. The maximum absolute atomic E-state index is 12.4. The zero-order valence-corrected chi connectivity index (χ0v) is 11.3. The molecule has 0 bridgehead atoms. The van der Waals surface area contributed by atoms with Crippen LogP contribution in [0.15, 0.2) is 24.4 Å². The fourth-order valence-electron chi connectivity index (χ4n) is 2.59. The van der Waals surface area contributed by atoms with Gasteiger partial charge in [0.2, 0.25) is 5.91 Å². The van der Waals surface area contributed by atoms with Crippen LogP contribution in [0.2, 0.25) is 0 Å². The molecule has 0 unspecified atom stereocenters. The summed E-state index contributed by atoms with van der Waals surface area (Å²) in [5.74, 6) is 0.735. The zero-order valence-electron chi connectivity index (χ0n) is 11.3. The van der Waals surface area contributed by atoms with E-state index >= 15 is 0 Å². The first-order chi connectivity index (χ1) is 9.69. The van der Waals surface area contributed by atoms with Crippen molar-refractivity contribution in [2.45, 2.75) is 12.8 Å². The molecule has 104 valence electrons. The van der Waals surface area contributed by atoms with E-state index < -0.39 is 0 Å². The fourth-order valence-corrected chi connectivity index (χ4v) is 2.59. The van der Waals surface area contributed by atoms with E-state index in [1.165, 1.54) is 0 Å². The highest BCUT2D eigenvalue weighted by Crippen LogP contribution is 2.24. The molecule has 2 heterocycles. The van der Waals surface area contributed by atoms with Crippen LogP contribution < -0.4 is 4.74 Å². The van der Waals surface area contributed by atoms with Gasteiger partial charge in [-0.15, -0.1) is 0 Å². The van der Waals surface area contributed by atoms with E-state index in [2.05, 4.69) is 4.98 Å². The van der Waals surface area contributed by atoms with Crippen LogP contribution in [-0.2, 0) is 4.79 Å². The predicted molar refractivity (Wildman–Crippen MR) is 75.0 cm³/mol. The number of benzene rings is 1. The number of H-pyrrole nitrogens is 1. The lowest BCUT2D eigenvalue weighted by Gasteiger charge is -2.13. The Morgan fingerprint density at radius 1 is 1.45 bits per heavy atom. The lowest BCUT2D eigenvalue weighted by Crippen LogP contribution is -2.30. The largest absolute Gasteiger partial charge is 0.497 e. The Hall–Kier alpha value is -2.30. The van der Waals surface area contributed by atoms with Crippen LogP contribution in [0.3, 0.4) is 0 Å². The highest BCUT2D eigenvalue weighted by Gasteiger charge is 2.24. The van der Waals surface area contributed by atoms with Crippen LogP contribution in [0.1, 0.15) is 23.2 Å². The number of methoxy groups -OCH3 is 1. The summed E-state index contributed by atoms with van der Waals surface area (Å²) in [6, 6.07) is 5.56. The van der Waals surface area contributed by atoms with Gasteiger partial charge in [0.1, 0.15) is 5.75 Å². The van der Waals surface area contributed by atoms with Crippen molar-refractivity contribution in [3.63, 3.8) is 0 Å². The van der Waals surface area contributed by atoms with Gasteiger partial charge in [0.15, 0.2) is 5.78 Å². The molecule has 5 nitrogen and oxygen atoms in total. The minimum atomic E-state index is -0.0419. The maximum atomic E-state index is 12.4. The number of hydrogen-bond donors (Lipinski definition) is 1. The molecule has 1 aliphatic heterocycles. The van der Waals surface area contributed by atoms with E-state index in [0.717, 1.165) is 17.3 Å². The fraction of sp³-hybridized carbons (Fsp3) is 0.333. The number of fused-ring (bicyclic) bond motifs is 1. The van der Waals surface area contributed by atoms with Gasteiger partial charge in [0, 0.05) is 35.6 Å². The summed E-state index contributed by atoms with van der Waals surface area (Å²) in [5, 5.41) is 0.834. The van der Waals surface area contributed by atoms with Crippen molar-refractivity contribution in [3.05, 3.63) is 30.0 Å². The highest BCUT2D eigenvalue weighted by molar-refractivity contribution is 6.09. The van der Waals surface area contributed by atoms with Crippen LogP contribution in [0, 0.1) is 0 Å². The van der Waals surface area contributed by atoms with E-state index in [9.17, 15) is 9.59 Å². The summed E-state index contributed by atoms with van der Waals surface area (Å²) >= 11 is 0. The molecule has 1 aromatic heterocycles. The second kappa shape index (κ2) is 5.00. The molecule has 3 rings (SSSR count). The summed E-state index contributed by atoms with van der Waals surface area (Å²) < 4.78 is 5.19. The van der Waals surface area contributed by atoms with Gasteiger partial charge < -0.3 is 14.6 Å². The molecule has 1 amide bonds. The van der Waals surface area contributed by atoms with Crippen molar-refractivity contribution in [1.29, 1.82) is 0 Å². The summed E-state index contributed by atoms with van der Waals surface area (Å²) in [6.45, 7) is 0.833. The van der Waals surface area contributed by atoms with Crippen LogP contribution in [-0.4, -0.2) is 41.8 Å². The number of hydrogen-bond acceptors (Lipinski definition) is 3. The Balaban J connectivity index is 1.89. The molecule has 20 heavy (non-hydrogen) atoms. The van der Waals surface area contributed by atoms with Gasteiger partial charge in [-0.3, -0.25) is 9.59 Å². The van der Waals surface area contributed by atoms with Gasteiger partial charge in [0.25, 0.3) is 0 Å². The number of aromatic nitrogens is 1. The van der Waals surface area contributed by atoms with Crippen LogP contribution >= 0.6 is 0 Å². The first kappa shape index (κ1) is 12.7. The Bertz CT molecular complexity index is 675. The zero-order chi connectivity index (χ0) is 14.1. The Kier molecular flexibility index (Phi) is 3.18. The van der Waals surface area contributed by atoms with E-state index in [1.807, 2.05) is 18.2 Å².